The van der Waals surface area contributed by atoms with Crippen LogP contribution in [0.5, 0.6) is 5.75 Å². The minimum Gasteiger partial charge on any atom is -0.496 e. The van der Waals surface area contributed by atoms with Gasteiger partial charge in [-0.05, 0) is 40.0 Å². The molecule has 0 spiro atoms. The van der Waals surface area contributed by atoms with Gasteiger partial charge in [-0.15, -0.1) is 11.6 Å². The molecule has 1 atom stereocenters. The second kappa shape index (κ2) is 7.15. The molecular weight excluding hydrogens is 289 g/mol. The molecule has 0 aliphatic carbocycles. The third-order valence-electron chi connectivity index (χ3n) is 2.49. The zero-order chi connectivity index (χ0) is 12.0. The number of ether oxygens (including phenoxy) is 1. The average Bonchev–Trinajstić information content (AvgIpc) is 2.30. The number of hydrogen-bond donors (Lipinski definition) is 1. The van der Waals surface area contributed by atoms with E-state index in [1.54, 1.807) is 7.11 Å². The van der Waals surface area contributed by atoms with Gasteiger partial charge >= 0.3 is 0 Å². The number of benzene rings is 1. The van der Waals surface area contributed by atoms with Crippen molar-refractivity contribution in [2.24, 2.45) is 0 Å². The molecular formula is C12H17BrClNO. The first-order valence-corrected chi connectivity index (χ1v) is 6.65. The fourth-order valence-corrected chi connectivity index (χ4v) is 2.31. The second-order valence-electron chi connectivity index (χ2n) is 3.61. The molecule has 0 aliphatic heterocycles. The van der Waals surface area contributed by atoms with Gasteiger partial charge in [-0.3, -0.25) is 0 Å². The number of hydrogen-bond acceptors (Lipinski definition) is 2. The summed E-state index contributed by atoms with van der Waals surface area (Å²) in [6.45, 7) is 2.96. The second-order valence-corrected chi connectivity index (χ2v) is 4.77. The Labute approximate surface area is 110 Å². The average molecular weight is 307 g/mol. The summed E-state index contributed by atoms with van der Waals surface area (Å²) in [5.74, 6) is 1.50. The number of nitrogens with one attached hydrogen (secondary N) is 1. The summed E-state index contributed by atoms with van der Waals surface area (Å²) in [5, 5.41) is 3.41. The highest BCUT2D eigenvalue weighted by Gasteiger charge is 2.05. The Bertz CT molecular complexity index is 329. The number of methoxy groups -OCH3 is 1. The van der Waals surface area contributed by atoms with Crippen LogP contribution in [0.4, 0.5) is 0 Å². The van der Waals surface area contributed by atoms with E-state index in [0.29, 0.717) is 11.9 Å². The maximum Gasteiger partial charge on any atom is 0.133 e. The summed E-state index contributed by atoms with van der Waals surface area (Å²) in [5.41, 5.74) is 1.22. The Morgan fingerprint density at radius 2 is 2.25 bits per heavy atom. The Morgan fingerprint density at radius 3 is 2.75 bits per heavy atom. The SMILES string of the molecule is CCC(CCl)NCc1ccc(OC)c(Br)c1. The molecule has 16 heavy (non-hydrogen) atoms. The molecule has 0 amide bonds. The maximum absolute atomic E-state index is 5.82. The van der Waals surface area contributed by atoms with E-state index in [9.17, 15) is 0 Å². The summed E-state index contributed by atoms with van der Waals surface area (Å²) in [4.78, 5) is 0. The van der Waals surface area contributed by atoms with Crippen molar-refractivity contribution in [3.8, 4) is 5.75 Å². The van der Waals surface area contributed by atoms with Crippen LogP contribution in [-0.4, -0.2) is 19.0 Å². The zero-order valence-corrected chi connectivity index (χ0v) is 11.9. The van der Waals surface area contributed by atoms with Crippen molar-refractivity contribution in [2.75, 3.05) is 13.0 Å². The summed E-state index contributed by atoms with van der Waals surface area (Å²) in [6, 6.07) is 6.45. The van der Waals surface area contributed by atoms with Gasteiger partial charge in [-0.1, -0.05) is 13.0 Å². The molecule has 4 heteroatoms. The molecule has 90 valence electrons. The van der Waals surface area contributed by atoms with Crippen LogP contribution in [0.3, 0.4) is 0 Å². The molecule has 1 N–H and O–H groups in total. The quantitative estimate of drug-likeness (QED) is 0.811. The van der Waals surface area contributed by atoms with Crippen molar-refractivity contribution in [3.63, 3.8) is 0 Å². The molecule has 0 aliphatic rings. The first kappa shape index (κ1) is 13.8. The van der Waals surface area contributed by atoms with E-state index in [-0.39, 0.29) is 0 Å². The fraction of sp³-hybridized carbons (Fsp3) is 0.500. The van der Waals surface area contributed by atoms with Crippen LogP contribution in [-0.2, 0) is 6.54 Å². The molecule has 0 heterocycles. The Kier molecular flexibility index (Phi) is 6.17. The van der Waals surface area contributed by atoms with Crippen molar-refractivity contribution in [2.45, 2.75) is 25.9 Å². The first-order chi connectivity index (χ1) is 7.71. The lowest BCUT2D eigenvalue weighted by molar-refractivity contribution is 0.412. The van der Waals surface area contributed by atoms with Gasteiger partial charge in [0.25, 0.3) is 0 Å². The third kappa shape index (κ3) is 3.96. The predicted octanol–water partition coefficient (Wildman–Crippen LogP) is 3.56. The predicted molar refractivity (Wildman–Crippen MR) is 72.3 cm³/mol. The standard InChI is InChI=1S/C12H17BrClNO/c1-3-10(7-14)15-8-9-4-5-12(16-2)11(13)6-9/h4-6,10,15H,3,7-8H2,1-2H3. The lowest BCUT2D eigenvalue weighted by atomic mass is 10.2. The van der Waals surface area contributed by atoms with E-state index in [1.807, 2.05) is 6.07 Å². The summed E-state index contributed by atoms with van der Waals surface area (Å²) in [7, 11) is 1.67. The van der Waals surface area contributed by atoms with Crippen LogP contribution >= 0.6 is 27.5 Å². The van der Waals surface area contributed by atoms with Gasteiger partial charge in [0.15, 0.2) is 0 Å². The number of alkyl halides is 1. The highest BCUT2D eigenvalue weighted by atomic mass is 79.9. The van der Waals surface area contributed by atoms with Gasteiger partial charge < -0.3 is 10.1 Å². The molecule has 0 aromatic heterocycles. The van der Waals surface area contributed by atoms with E-state index in [0.717, 1.165) is 23.2 Å². The topological polar surface area (TPSA) is 21.3 Å². The van der Waals surface area contributed by atoms with Gasteiger partial charge in [-0.2, -0.15) is 0 Å². The third-order valence-corrected chi connectivity index (χ3v) is 3.48. The highest BCUT2D eigenvalue weighted by molar-refractivity contribution is 9.10. The van der Waals surface area contributed by atoms with Crippen LogP contribution in [0.15, 0.2) is 22.7 Å². The van der Waals surface area contributed by atoms with Crippen LogP contribution in [0.2, 0.25) is 0 Å². The largest absolute Gasteiger partial charge is 0.496 e. The Hall–Kier alpha value is -0.250. The fourth-order valence-electron chi connectivity index (χ4n) is 1.39. The van der Waals surface area contributed by atoms with Crippen molar-refractivity contribution >= 4 is 27.5 Å². The molecule has 2 nitrogen and oxygen atoms in total. The summed E-state index contributed by atoms with van der Waals surface area (Å²) in [6.07, 6.45) is 1.04. The van der Waals surface area contributed by atoms with Gasteiger partial charge in [0.1, 0.15) is 5.75 Å². The van der Waals surface area contributed by atoms with Crippen LogP contribution < -0.4 is 10.1 Å². The first-order valence-electron chi connectivity index (χ1n) is 5.33. The van der Waals surface area contributed by atoms with Crippen LogP contribution in [0.1, 0.15) is 18.9 Å². The lowest BCUT2D eigenvalue weighted by Crippen LogP contribution is -2.29. The molecule has 0 saturated heterocycles. The van der Waals surface area contributed by atoms with E-state index in [4.69, 9.17) is 16.3 Å². The maximum atomic E-state index is 5.82. The van der Waals surface area contributed by atoms with Gasteiger partial charge in [0, 0.05) is 18.5 Å². The Balaban J connectivity index is 2.58. The van der Waals surface area contributed by atoms with E-state index in [1.165, 1.54) is 5.56 Å². The summed E-state index contributed by atoms with van der Waals surface area (Å²) < 4.78 is 6.16. The van der Waals surface area contributed by atoms with Crippen molar-refractivity contribution in [1.29, 1.82) is 0 Å². The number of halogens is 2. The molecule has 1 unspecified atom stereocenters. The minimum atomic E-state index is 0.377. The normalized spacial score (nSPS) is 12.5. The van der Waals surface area contributed by atoms with E-state index in [2.05, 4.69) is 40.3 Å². The molecule has 0 radical (unpaired) electrons. The van der Waals surface area contributed by atoms with Crippen molar-refractivity contribution < 1.29 is 4.74 Å². The van der Waals surface area contributed by atoms with Crippen molar-refractivity contribution in [1.82, 2.24) is 5.32 Å². The molecule has 1 rings (SSSR count). The van der Waals surface area contributed by atoms with Gasteiger partial charge in [-0.25, -0.2) is 0 Å². The molecule has 0 saturated carbocycles. The van der Waals surface area contributed by atoms with E-state index < -0.39 is 0 Å². The smallest absolute Gasteiger partial charge is 0.133 e. The monoisotopic (exact) mass is 305 g/mol. The van der Waals surface area contributed by atoms with Crippen LogP contribution in [0, 0.1) is 0 Å². The number of rotatable bonds is 6. The minimum absolute atomic E-state index is 0.377. The molecule has 1 aromatic rings. The molecule has 1 aromatic carbocycles. The van der Waals surface area contributed by atoms with E-state index >= 15 is 0 Å². The van der Waals surface area contributed by atoms with Crippen molar-refractivity contribution in [3.05, 3.63) is 28.2 Å². The van der Waals surface area contributed by atoms with Crippen LogP contribution in [0.25, 0.3) is 0 Å². The van der Waals surface area contributed by atoms with Gasteiger partial charge in [0.05, 0.1) is 11.6 Å². The summed E-state index contributed by atoms with van der Waals surface area (Å²) >= 11 is 9.29. The van der Waals surface area contributed by atoms with Gasteiger partial charge in [0.2, 0.25) is 0 Å². The zero-order valence-electron chi connectivity index (χ0n) is 9.59. The lowest BCUT2D eigenvalue weighted by Gasteiger charge is -2.14. The molecule has 0 bridgehead atoms. The Morgan fingerprint density at radius 1 is 1.50 bits per heavy atom. The highest BCUT2D eigenvalue weighted by Crippen LogP contribution is 2.25. The molecule has 0 fully saturated rings.